The molecule has 18 heavy (non-hydrogen) atoms. The summed E-state index contributed by atoms with van der Waals surface area (Å²) in [5, 5.41) is 10.2. The Kier molecular flexibility index (Phi) is 5.48. The molecule has 1 heterocycles. The largest absolute Gasteiger partial charge is 0.396 e. The number of hydrogen-bond donors (Lipinski definition) is 1. The monoisotopic (exact) mass is 268 g/mol. The first-order valence-corrected chi connectivity index (χ1v) is 7.15. The molecule has 1 aliphatic rings. The minimum absolute atomic E-state index is 0.202. The number of halogens is 1. The van der Waals surface area contributed by atoms with Crippen LogP contribution in [0.3, 0.4) is 0 Å². The van der Waals surface area contributed by atoms with Crippen LogP contribution in [0.5, 0.6) is 0 Å². The van der Waals surface area contributed by atoms with Gasteiger partial charge in [-0.3, -0.25) is 0 Å². The summed E-state index contributed by atoms with van der Waals surface area (Å²) in [6, 6.07) is 7.80. The molecule has 100 valence electrons. The maximum atomic E-state index is 9.48. The number of rotatable bonds is 6. The van der Waals surface area contributed by atoms with Crippen LogP contribution in [-0.2, 0) is 4.74 Å². The lowest BCUT2D eigenvalue weighted by atomic mass is 9.93. The van der Waals surface area contributed by atoms with Gasteiger partial charge in [0.15, 0.2) is 0 Å². The number of aliphatic hydroxyl groups excluding tert-OH is 1. The standard InChI is InChI=1S/C15H21ClO2/c16-14-8-6-12(7-9-14)13(11-17)3-1-4-15-5-2-10-18-15/h6-9,13,15,17H,1-5,10-11H2. The fourth-order valence-corrected chi connectivity index (χ4v) is 2.69. The van der Waals surface area contributed by atoms with Crippen LogP contribution in [0.4, 0.5) is 0 Å². The molecule has 2 atom stereocenters. The van der Waals surface area contributed by atoms with Crippen molar-refractivity contribution in [3.8, 4) is 0 Å². The van der Waals surface area contributed by atoms with Crippen molar-refractivity contribution in [3.63, 3.8) is 0 Å². The third kappa shape index (κ3) is 3.98. The quantitative estimate of drug-likeness (QED) is 0.851. The Morgan fingerprint density at radius 2 is 2.11 bits per heavy atom. The van der Waals surface area contributed by atoms with E-state index in [-0.39, 0.29) is 12.5 Å². The van der Waals surface area contributed by atoms with E-state index >= 15 is 0 Å². The van der Waals surface area contributed by atoms with Crippen molar-refractivity contribution in [3.05, 3.63) is 34.9 Å². The topological polar surface area (TPSA) is 29.5 Å². The summed E-state index contributed by atoms with van der Waals surface area (Å²) >= 11 is 5.87. The van der Waals surface area contributed by atoms with E-state index in [9.17, 15) is 5.11 Å². The lowest BCUT2D eigenvalue weighted by Gasteiger charge is -2.16. The van der Waals surface area contributed by atoms with Gasteiger partial charge in [-0.2, -0.15) is 0 Å². The van der Waals surface area contributed by atoms with E-state index in [0.29, 0.717) is 6.10 Å². The molecule has 1 aliphatic heterocycles. The predicted molar refractivity (Wildman–Crippen MR) is 74.1 cm³/mol. The second kappa shape index (κ2) is 7.13. The van der Waals surface area contributed by atoms with Crippen LogP contribution >= 0.6 is 11.6 Å². The number of aliphatic hydroxyl groups is 1. The van der Waals surface area contributed by atoms with E-state index in [1.807, 2.05) is 24.3 Å². The van der Waals surface area contributed by atoms with E-state index in [1.165, 1.54) is 18.4 Å². The Morgan fingerprint density at radius 1 is 1.33 bits per heavy atom. The number of hydrogen-bond acceptors (Lipinski definition) is 2. The first-order valence-electron chi connectivity index (χ1n) is 6.77. The van der Waals surface area contributed by atoms with Crippen molar-refractivity contribution in [1.29, 1.82) is 0 Å². The molecule has 2 rings (SSSR count). The summed E-state index contributed by atoms with van der Waals surface area (Å²) in [6.45, 7) is 1.12. The average Bonchev–Trinajstić information content (AvgIpc) is 2.89. The number of benzene rings is 1. The van der Waals surface area contributed by atoms with Gasteiger partial charge < -0.3 is 9.84 Å². The normalized spacial score (nSPS) is 21.1. The van der Waals surface area contributed by atoms with Gasteiger partial charge in [-0.15, -0.1) is 0 Å². The molecule has 3 heteroatoms. The summed E-state index contributed by atoms with van der Waals surface area (Å²) < 4.78 is 5.61. The van der Waals surface area contributed by atoms with Gasteiger partial charge in [0.2, 0.25) is 0 Å². The van der Waals surface area contributed by atoms with Gasteiger partial charge in [0, 0.05) is 24.2 Å². The van der Waals surface area contributed by atoms with Crippen molar-refractivity contribution in [1.82, 2.24) is 0 Å². The zero-order valence-electron chi connectivity index (χ0n) is 10.6. The molecule has 1 aromatic carbocycles. The lowest BCUT2D eigenvalue weighted by molar-refractivity contribution is 0.101. The van der Waals surface area contributed by atoms with E-state index in [1.54, 1.807) is 0 Å². The van der Waals surface area contributed by atoms with Gasteiger partial charge in [0.1, 0.15) is 0 Å². The van der Waals surface area contributed by atoms with Gasteiger partial charge in [0.25, 0.3) is 0 Å². The Bertz CT molecular complexity index is 344. The SMILES string of the molecule is OCC(CCCC1CCCO1)c1ccc(Cl)cc1. The minimum Gasteiger partial charge on any atom is -0.396 e. The zero-order chi connectivity index (χ0) is 12.8. The van der Waals surface area contributed by atoms with Crippen LogP contribution in [0.25, 0.3) is 0 Å². The highest BCUT2D eigenvalue weighted by molar-refractivity contribution is 6.30. The van der Waals surface area contributed by atoms with Crippen molar-refractivity contribution >= 4 is 11.6 Å². The maximum absolute atomic E-state index is 9.48. The summed E-state index contributed by atoms with van der Waals surface area (Å²) in [4.78, 5) is 0. The minimum atomic E-state index is 0.202. The molecule has 0 saturated carbocycles. The molecular formula is C15H21ClO2. The van der Waals surface area contributed by atoms with Crippen molar-refractivity contribution in [2.75, 3.05) is 13.2 Å². The van der Waals surface area contributed by atoms with Gasteiger partial charge in [-0.05, 0) is 43.4 Å². The third-order valence-corrected chi connectivity index (χ3v) is 3.92. The smallest absolute Gasteiger partial charge is 0.0576 e. The van der Waals surface area contributed by atoms with Crippen LogP contribution in [-0.4, -0.2) is 24.4 Å². The van der Waals surface area contributed by atoms with Crippen LogP contribution in [0.1, 0.15) is 43.6 Å². The molecule has 1 saturated heterocycles. The van der Waals surface area contributed by atoms with Gasteiger partial charge in [-0.25, -0.2) is 0 Å². The van der Waals surface area contributed by atoms with Gasteiger partial charge in [-0.1, -0.05) is 30.2 Å². The molecule has 1 aromatic rings. The van der Waals surface area contributed by atoms with Crippen LogP contribution in [0, 0.1) is 0 Å². The van der Waals surface area contributed by atoms with Gasteiger partial charge >= 0.3 is 0 Å². The van der Waals surface area contributed by atoms with Crippen LogP contribution in [0.15, 0.2) is 24.3 Å². The van der Waals surface area contributed by atoms with E-state index in [2.05, 4.69) is 0 Å². The fraction of sp³-hybridized carbons (Fsp3) is 0.600. The second-order valence-corrected chi connectivity index (χ2v) is 5.43. The molecule has 2 nitrogen and oxygen atoms in total. The van der Waals surface area contributed by atoms with Crippen molar-refractivity contribution in [2.24, 2.45) is 0 Å². The molecule has 0 aliphatic carbocycles. The van der Waals surface area contributed by atoms with E-state index < -0.39 is 0 Å². The molecule has 1 fully saturated rings. The second-order valence-electron chi connectivity index (χ2n) is 5.00. The molecule has 0 aromatic heterocycles. The van der Waals surface area contributed by atoms with Crippen molar-refractivity contribution < 1.29 is 9.84 Å². The predicted octanol–water partition coefficient (Wildman–Crippen LogP) is 3.77. The lowest BCUT2D eigenvalue weighted by Crippen LogP contribution is -2.08. The Labute approximate surface area is 114 Å². The fourth-order valence-electron chi connectivity index (χ4n) is 2.56. The molecule has 1 N–H and O–H groups in total. The highest BCUT2D eigenvalue weighted by atomic mass is 35.5. The zero-order valence-corrected chi connectivity index (χ0v) is 11.4. The first kappa shape index (κ1) is 13.9. The van der Waals surface area contributed by atoms with Crippen LogP contribution in [0.2, 0.25) is 5.02 Å². The Balaban J connectivity index is 1.79. The molecule has 0 bridgehead atoms. The van der Waals surface area contributed by atoms with E-state index in [0.717, 1.165) is 30.9 Å². The summed E-state index contributed by atoms with van der Waals surface area (Å²) in [7, 11) is 0. The molecule has 0 spiro atoms. The summed E-state index contributed by atoms with van der Waals surface area (Å²) in [6.07, 6.45) is 6.09. The first-order chi connectivity index (χ1) is 8.79. The third-order valence-electron chi connectivity index (χ3n) is 3.66. The maximum Gasteiger partial charge on any atom is 0.0576 e. The van der Waals surface area contributed by atoms with Crippen molar-refractivity contribution in [2.45, 2.75) is 44.1 Å². The van der Waals surface area contributed by atoms with Crippen LogP contribution < -0.4 is 0 Å². The molecule has 0 radical (unpaired) electrons. The molecule has 0 amide bonds. The average molecular weight is 269 g/mol. The summed E-state index contributed by atoms with van der Waals surface area (Å²) in [5.41, 5.74) is 1.18. The molecule has 2 unspecified atom stereocenters. The highest BCUT2D eigenvalue weighted by Crippen LogP contribution is 2.25. The summed E-state index contributed by atoms with van der Waals surface area (Å²) in [5.74, 6) is 0.226. The Morgan fingerprint density at radius 3 is 2.72 bits per heavy atom. The van der Waals surface area contributed by atoms with Gasteiger partial charge in [0.05, 0.1) is 6.10 Å². The Hall–Kier alpha value is -0.570. The number of ether oxygens (including phenoxy) is 1. The molecular weight excluding hydrogens is 248 g/mol. The van der Waals surface area contributed by atoms with E-state index in [4.69, 9.17) is 16.3 Å². The highest BCUT2D eigenvalue weighted by Gasteiger charge is 2.16.